The highest BCUT2D eigenvalue weighted by atomic mass is 16.3. The Morgan fingerprint density at radius 2 is 1.15 bits per heavy atom. The maximum atomic E-state index is 7.05. The number of aromatic nitrogens is 3. The van der Waals surface area contributed by atoms with E-state index in [1.807, 2.05) is 6.07 Å². The minimum atomic E-state index is -0.290. The van der Waals surface area contributed by atoms with Crippen molar-refractivity contribution in [2.45, 2.75) is 37.5 Å². The lowest BCUT2D eigenvalue weighted by Crippen LogP contribution is -2.33. The second-order valence-electron chi connectivity index (χ2n) is 16.9. The molecule has 0 saturated heterocycles. The average molecular weight is 784 g/mol. The van der Waals surface area contributed by atoms with Gasteiger partial charge < -0.3 is 4.42 Å². The quantitative estimate of drug-likeness (QED) is 0.174. The highest BCUT2D eigenvalue weighted by Gasteiger charge is 2.45. The lowest BCUT2D eigenvalue weighted by atomic mass is 9.62. The Balaban J connectivity index is 1.05. The largest absolute Gasteiger partial charge is 0.456 e. The molecule has 0 aliphatic heterocycles. The number of para-hydroxylation sites is 1. The zero-order chi connectivity index (χ0) is 40.5. The van der Waals surface area contributed by atoms with E-state index in [1.165, 1.54) is 38.6 Å². The monoisotopic (exact) mass is 783 g/mol. The number of nitrogens with zero attached hydrogens (tertiary/aromatic N) is 3. The molecule has 2 aliphatic carbocycles. The van der Waals surface area contributed by atoms with Crippen LogP contribution >= 0.6 is 0 Å². The molecule has 2 unspecified atom stereocenters. The van der Waals surface area contributed by atoms with E-state index in [0.717, 1.165) is 74.6 Å². The summed E-state index contributed by atoms with van der Waals surface area (Å²) in [6.07, 6.45) is 5.15. The van der Waals surface area contributed by atoms with Crippen LogP contribution in [0.25, 0.3) is 83.1 Å². The maximum Gasteiger partial charge on any atom is 0.167 e. The minimum Gasteiger partial charge on any atom is -0.456 e. The van der Waals surface area contributed by atoms with Crippen molar-refractivity contribution in [1.82, 2.24) is 15.0 Å². The molecule has 4 nitrogen and oxygen atoms in total. The lowest BCUT2D eigenvalue weighted by Gasteiger charge is -2.40. The number of aryl methyl sites for hydroxylation is 1. The van der Waals surface area contributed by atoms with Gasteiger partial charge in [-0.25, -0.2) is 15.0 Å². The summed E-state index contributed by atoms with van der Waals surface area (Å²) in [5.41, 5.74) is 12.4. The summed E-state index contributed by atoms with van der Waals surface area (Å²) < 4.78 is 7.05. The molecule has 290 valence electrons. The Bertz CT molecular complexity index is 3370. The molecule has 0 radical (unpaired) electrons. The Morgan fingerprint density at radius 1 is 0.508 bits per heavy atom. The second-order valence-corrected chi connectivity index (χ2v) is 16.9. The highest BCUT2D eigenvalue weighted by molar-refractivity contribution is 5.97. The molecule has 4 heteroatoms. The van der Waals surface area contributed by atoms with Crippen molar-refractivity contribution >= 4 is 38.1 Å². The number of allylic oxidation sites excluding steroid dienone is 1. The Labute approximate surface area is 354 Å². The van der Waals surface area contributed by atoms with Crippen LogP contribution in [0.3, 0.4) is 0 Å². The summed E-state index contributed by atoms with van der Waals surface area (Å²) in [7, 11) is 0. The van der Waals surface area contributed by atoms with Gasteiger partial charge in [0.05, 0.1) is 5.57 Å². The smallest absolute Gasteiger partial charge is 0.167 e. The van der Waals surface area contributed by atoms with Gasteiger partial charge in [0.25, 0.3) is 0 Å². The summed E-state index contributed by atoms with van der Waals surface area (Å²) >= 11 is 0. The second kappa shape index (κ2) is 14.1. The molecule has 0 N–H and O–H groups in total. The normalized spacial score (nSPS) is 17.1. The standard InChI is InChI=1S/C57H41N3O/c1-57(50-30-29-41-33-39-18-5-6-19-40(39)35-49(41)44-24-9-10-25-45(44)50)32-31-48(53-52(57)47-26-11-12-28-51(47)61-53)56-59-54(42-22-13-21-38(34-42)36-15-3-2-4-16-36)58-55(60-56)46-27-14-20-37-17-7-8-23-43(37)46/h2-28,31,33-35,50H,29-30,32H2,1H3. The van der Waals surface area contributed by atoms with Gasteiger partial charge >= 0.3 is 0 Å². The highest BCUT2D eigenvalue weighted by Crippen LogP contribution is 2.56. The molecule has 0 amide bonds. The molecule has 2 heterocycles. The fourth-order valence-electron chi connectivity index (χ4n) is 10.4. The molecule has 10 aromatic rings. The van der Waals surface area contributed by atoms with E-state index in [4.69, 9.17) is 19.4 Å². The van der Waals surface area contributed by atoms with E-state index in [0.29, 0.717) is 17.5 Å². The predicted octanol–water partition coefficient (Wildman–Crippen LogP) is 14.4. The Hall–Kier alpha value is -7.43. The first-order valence-corrected chi connectivity index (χ1v) is 21.3. The van der Waals surface area contributed by atoms with Gasteiger partial charge in [0.1, 0.15) is 11.3 Å². The molecule has 0 saturated carbocycles. The van der Waals surface area contributed by atoms with Crippen molar-refractivity contribution in [2.24, 2.45) is 0 Å². The molecule has 8 aromatic carbocycles. The number of hydrogen-bond donors (Lipinski definition) is 0. The van der Waals surface area contributed by atoms with Gasteiger partial charge in [-0.3, -0.25) is 0 Å². The first kappa shape index (κ1) is 35.5. The lowest BCUT2D eigenvalue weighted by molar-refractivity contribution is 0.354. The first-order chi connectivity index (χ1) is 30.1. The van der Waals surface area contributed by atoms with Crippen LogP contribution in [-0.2, 0) is 11.8 Å². The van der Waals surface area contributed by atoms with E-state index in [9.17, 15) is 0 Å². The molecule has 0 bridgehead atoms. The Kier molecular flexibility index (Phi) is 8.21. The fraction of sp³-hybridized carbons (Fsp3) is 0.105. The van der Waals surface area contributed by atoms with Crippen LogP contribution in [0.1, 0.15) is 54.0 Å². The van der Waals surface area contributed by atoms with Crippen molar-refractivity contribution in [2.75, 3.05) is 0 Å². The maximum absolute atomic E-state index is 7.05. The summed E-state index contributed by atoms with van der Waals surface area (Å²) in [6.45, 7) is 2.46. The number of furan rings is 1. The third-order valence-corrected chi connectivity index (χ3v) is 13.3. The van der Waals surface area contributed by atoms with Crippen molar-refractivity contribution < 1.29 is 4.42 Å². The molecule has 0 fully saturated rings. The van der Waals surface area contributed by atoms with Gasteiger partial charge in [-0.2, -0.15) is 0 Å². The summed E-state index contributed by atoms with van der Waals surface area (Å²) in [5.74, 6) is 2.94. The van der Waals surface area contributed by atoms with Crippen LogP contribution in [0.5, 0.6) is 0 Å². The van der Waals surface area contributed by atoms with Crippen molar-refractivity contribution in [1.29, 1.82) is 0 Å². The molecule has 2 atom stereocenters. The van der Waals surface area contributed by atoms with Crippen LogP contribution in [-0.4, -0.2) is 15.0 Å². The zero-order valence-corrected chi connectivity index (χ0v) is 33.8. The van der Waals surface area contributed by atoms with Crippen LogP contribution < -0.4 is 0 Å². The van der Waals surface area contributed by atoms with Crippen LogP contribution in [0.2, 0.25) is 0 Å². The average Bonchev–Trinajstić information content (AvgIpc) is 3.65. The van der Waals surface area contributed by atoms with Gasteiger partial charge in [0.15, 0.2) is 17.5 Å². The number of benzene rings is 8. The van der Waals surface area contributed by atoms with Crippen LogP contribution in [0.4, 0.5) is 0 Å². The summed E-state index contributed by atoms with van der Waals surface area (Å²) in [4.78, 5) is 16.0. The van der Waals surface area contributed by atoms with E-state index < -0.39 is 0 Å². The molecule has 2 aromatic heterocycles. The number of fused-ring (bicyclic) bond motifs is 8. The SMILES string of the molecule is CC1(C2CCc3cc4ccccc4cc3-c3ccccc32)CC=C(c2nc(-c3cccc(-c4ccccc4)c3)nc(-c3cccc4ccccc34)n2)c2oc3ccccc3c21. The number of hydrogen-bond acceptors (Lipinski definition) is 4. The first-order valence-electron chi connectivity index (χ1n) is 21.3. The van der Waals surface area contributed by atoms with Gasteiger partial charge in [-0.15, -0.1) is 0 Å². The van der Waals surface area contributed by atoms with Gasteiger partial charge in [-0.1, -0.05) is 177 Å². The molecule has 0 spiro atoms. The fourth-order valence-corrected chi connectivity index (χ4v) is 10.4. The van der Waals surface area contributed by atoms with Crippen molar-refractivity contribution in [3.8, 4) is 45.0 Å². The van der Waals surface area contributed by atoms with E-state index in [-0.39, 0.29) is 11.3 Å². The van der Waals surface area contributed by atoms with Gasteiger partial charge in [0.2, 0.25) is 0 Å². The molecular weight excluding hydrogens is 743 g/mol. The molecule has 61 heavy (non-hydrogen) atoms. The van der Waals surface area contributed by atoms with Gasteiger partial charge in [0, 0.05) is 27.5 Å². The van der Waals surface area contributed by atoms with E-state index in [2.05, 4.69) is 189 Å². The van der Waals surface area contributed by atoms with Crippen LogP contribution in [0.15, 0.2) is 192 Å². The summed E-state index contributed by atoms with van der Waals surface area (Å²) in [5, 5.41) is 5.96. The minimum absolute atomic E-state index is 0.220. The topological polar surface area (TPSA) is 51.8 Å². The third-order valence-electron chi connectivity index (χ3n) is 13.3. The Morgan fingerprint density at radius 3 is 2.03 bits per heavy atom. The van der Waals surface area contributed by atoms with E-state index in [1.54, 1.807) is 0 Å². The van der Waals surface area contributed by atoms with Gasteiger partial charge in [-0.05, 0) is 98.3 Å². The van der Waals surface area contributed by atoms with Crippen molar-refractivity contribution in [3.05, 3.63) is 216 Å². The predicted molar refractivity (Wildman–Crippen MR) is 249 cm³/mol. The van der Waals surface area contributed by atoms with E-state index >= 15 is 0 Å². The number of rotatable bonds is 5. The molecule has 2 aliphatic rings. The van der Waals surface area contributed by atoms with Crippen LogP contribution in [0, 0.1) is 0 Å². The molecular formula is C57H41N3O. The summed E-state index contributed by atoms with van der Waals surface area (Å²) in [6, 6.07) is 65.0. The molecule has 12 rings (SSSR count). The van der Waals surface area contributed by atoms with Crippen molar-refractivity contribution in [3.63, 3.8) is 0 Å². The third kappa shape index (κ3) is 5.85. The zero-order valence-electron chi connectivity index (χ0n) is 33.8.